The minimum absolute atomic E-state index is 0.0592. The number of benzene rings is 2. The molecule has 178 valence electrons. The maximum Gasteiger partial charge on any atom is 0.338 e. The number of rotatable bonds is 5. The summed E-state index contributed by atoms with van der Waals surface area (Å²) in [6, 6.07) is 12.4. The Kier molecular flexibility index (Phi) is 6.18. The average Bonchev–Trinajstić information content (AvgIpc) is 2.88. The van der Waals surface area contributed by atoms with E-state index in [2.05, 4.69) is 6.92 Å². The summed E-state index contributed by atoms with van der Waals surface area (Å²) in [5.41, 5.74) is 1.74. The van der Waals surface area contributed by atoms with Crippen LogP contribution in [0.1, 0.15) is 42.1 Å². The van der Waals surface area contributed by atoms with Crippen LogP contribution in [-0.4, -0.2) is 44.3 Å². The molecule has 34 heavy (non-hydrogen) atoms. The van der Waals surface area contributed by atoms with Gasteiger partial charge in [0.05, 0.1) is 30.4 Å². The molecule has 1 fully saturated rings. The van der Waals surface area contributed by atoms with Gasteiger partial charge in [0.1, 0.15) is 31.2 Å². The summed E-state index contributed by atoms with van der Waals surface area (Å²) in [4.78, 5) is 26.3. The Hall–Kier alpha value is -3.48. The van der Waals surface area contributed by atoms with Crippen molar-refractivity contribution in [2.24, 2.45) is 11.8 Å². The highest BCUT2D eigenvalue weighted by Crippen LogP contribution is 2.42. The quantitative estimate of drug-likeness (QED) is 0.606. The Bertz CT molecular complexity index is 1120. The van der Waals surface area contributed by atoms with Crippen LogP contribution in [-0.2, 0) is 14.3 Å². The number of ketones is 1. The fourth-order valence-corrected chi connectivity index (χ4v) is 5.01. The van der Waals surface area contributed by atoms with Gasteiger partial charge in [-0.3, -0.25) is 4.79 Å². The Morgan fingerprint density at radius 1 is 1.06 bits per heavy atom. The van der Waals surface area contributed by atoms with Crippen LogP contribution in [0.4, 0.5) is 0 Å². The summed E-state index contributed by atoms with van der Waals surface area (Å²) >= 11 is 0. The van der Waals surface area contributed by atoms with Crippen LogP contribution in [0, 0.1) is 11.8 Å². The molecule has 1 saturated carbocycles. The van der Waals surface area contributed by atoms with Crippen LogP contribution < -0.4 is 14.2 Å². The number of fused-ring (bicyclic) bond motifs is 2. The van der Waals surface area contributed by atoms with E-state index in [0.29, 0.717) is 54.4 Å². The number of esters is 1. The van der Waals surface area contributed by atoms with Crippen LogP contribution in [0.2, 0.25) is 0 Å². The van der Waals surface area contributed by atoms with Crippen molar-refractivity contribution in [2.75, 3.05) is 20.3 Å². The summed E-state index contributed by atoms with van der Waals surface area (Å²) in [5, 5.41) is 0. The van der Waals surface area contributed by atoms with Gasteiger partial charge in [-0.2, -0.15) is 0 Å². The minimum atomic E-state index is -0.393. The number of hydrogen-bond acceptors (Lipinski definition) is 7. The predicted octanol–water partition coefficient (Wildman–Crippen LogP) is 4.44. The maximum absolute atomic E-state index is 13.5. The van der Waals surface area contributed by atoms with Crippen LogP contribution >= 0.6 is 0 Å². The van der Waals surface area contributed by atoms with E-state index in [1.54, 1.807) is 37.6 Å². The van der Waals surface area contributed by atoms with Crippen LogP contribution in [0.5, 0.6) is 17.2 Å². The lowest BCUT2D eigenvalue weighted by molar-refractivity contribution is -0.129. The van der Waals surface area contributed by atoms with Gasteiger partial charge in [0.2, 0.25) is 0 Å². The van der Waals surface area contributed by atoms with Crippen molar-refractivity contribution >= 4 is 17.3 Å². The lowest BCUT2D eigenvalue weighted by atomic mass is 9.72. The van der Waals surface area contributed by atoms with Gasteiger partial charge in [-0.15, -0.1) is 0 Å². The highest BCUT2D eigenvalue weighted by Gasteiger charge is 2.45. The van der Waals surface area contributed by atoms with E-state index in [1.165, 1.54) is 0 Å². The third-order valence-corrected chi connectivity index (χ3v) is 6.90. The van der Waals surface area contributed by atoms with Gasteiger partial charge in [-0.1, -0.05) is 19.1 Å². The molecule has 0 saturated heterocycles. The van der Waals surface area contributed by atoms with E-state index >= 15 is 0 Å². The fourth-order valence-electron chi connectivity index (χ4n) is 5.01. The van der Waals surface area contributed by atoms with Gasteiger partial charge < -0.3 is 23.7 Å². The fraction of sp³-hybridized carbons (Fsp3) is 0.407. The summed E-state index contributed by atoms with van der Waals surface area (Å²) in [5.74, 6) is 1.39. The summed E-state index contributed by atoms with van der Waals surface area (Å²) < 4.78 is 28.4. The zero-order chi connectivity index (χ0) is 23.7. The third-order valence-electron chi connectivity index (χ3n) is 6.90. The lowest BCUT2D eigenvalue weighted by Crippen LogP contribution is -2.46. The number of methoxy groups -OCH3 is 1. The maximum atomic E-state index is 13.5. The zero-order valence-electron chi connectivity index (χ0n) is 19.3. The van der Waals surface area contributed by atoms with Crippen molar-refractivity contribution in [3.63, 3.8) is 0 Å². The van der Waals surface area contributed by atoms with Crippen LogP contribution in [0.25, 0.3) is 5.57 Å². The van der Waals surface area contributed by atoms with E-state index in [9.17, 15) is 9.59 Å². The normalized spacial score (nSPS) is 25.5. The molecule has 3 aliphatic rings. The van der Waals surface area contributed by atoms with Crippen LogP contribution in [0.3, 0.4) is 0 Å². The number of ether oxygens (including phenoxy) is 5. The number of carbonyl (C=O) groups is 2. The molecule has 7 heteroatoms. The lowest BCUT2D eigenvalue weighted by Gasteiger charge is -2.41. The van der Waals surface area contributed by atoms with E-state index in [-0.39, 0.29) is 29.8 Å². The van der Waals surface area contributed by atoms with E-state index in [4.69, 9.17) is 23.7 Å². The second kappa shape index (κ2) is 9.41. The van der Waals surface area contributed by atoms with Gasteiger partial charge in [-0.25, -0.2) is 4.79 Å². The van der Waals surface area contributed by atoms with Crippen molar-refractivity contribution in [2.45, 2.75) is 38.4 Å². The van der Waals surface area contributed by atoms with Crippen molar-refractivity contribution in [3.8, 4) is 17.2 Å². The monoisotopic (exact) mass is 464 g/mol. The number of carbonyl (C=O) groups excluding carboxylic acids is 2. The summed E-state index contributed by atoms with van der Waals surface area (Å²) in [6.45, 7) is 3.06. The molecule has 2 aliphatic heterocycles. The smallest absolute Gasteiger partial charge is 0.338 e. The molecule has 5 rings (SSSR count). The standard InChI is InChI=1S/C27H28O7/c1-3-16-12-20-24(14-23(16)34-27(29)18-5-4-6-19(11-18)30-2)33-15-21(26(20)28)17-7-8-22-25(13-17)32-10-9-31-22/h4-8,11,13,15-16,20,23-24H,3,9-10,12,14H2,1-2H3. The Labute approximate surface area is 198 Å². The van der Waals surface area contributed by atoms with E-state index in [0.717, 1.165) is 12.0 Å². The molecular formula is C27H28O7. The molecule has 1 aliphatic carbocycles. The molecule has 0 aromatic heterocycles. The molecule has 0 bridgehead atoms. The minimum Gasteiger partial charge on any atom is -0.497 e. The molecular weight excluding hydrogens is 436 g/mol. The third kappa shape index (κ3) is 4.22. The van der Waals surface area contributed by atoms with Gasteiger partial charge in [-0.05, 0) is 54.7 Å². The second-order valence-corrected chi connectivity index (χ2v) is 8.85. The molecule has 7 nitrogen and oxygen atoms in total. The molecule has 0 amide bonds. The second-order valence-electron chi connectivity index (χ2n) is 8.85. The molecule has 0 radical (unpaired) electrons. The molecule has 0 N–H and O–H groups in total. The first-order valence-electron chi connectivity index (χ1n) is 11.7. The highest BCUT2D eigenvalue weighted by atomic mass is 16.6. The van der Waals surface area contributed by atoms with Crippen LogP contribution in [0.15, 0.2) is 48.7 Å². The summed E-state index contributed by atoms with van der Waals surface area (Å²) in [6.07, 6.45) is 2.80. The predicted molar refractivity (Wildman–Crippen MR) is 124 cm³/mol. The average molecular weight is 465 g/mol. The number of Topliss-reactive ketones (excluding diaryl/α,β-unsaturated/α-hetero) is 1. The molecule has 2 aromatic carbocycles. The summed E-state index contributed by atoms with van der Waals surface area (Å²) in [7, 11) is 1.56. The first kappa shape index (κ1) is 22.3. The van der Waals surface area contributed by atoms with Crippen molar-refractivity contribution in [1.29, 1.82) is 0 Å². The van der Waals surface area contributed by atoms with Crippen molar-refractivity contribution in [1.82, 2.24) is 0 Å². The first-order chi connectivity index (χ1) is 16.6. The molecule has 4 unspecified atom stereocenters. The highest BCUT2D eigenvalue weighted by molar-refractivity contribution is 6.22. The SMILES string of the molecule is CCC1CC2C(=O)C(c3ccc4c(c3)OCCO4)=COC2CC1OC(=O)c1cccc(OC)c1. The van der Waals surface area contributed by atoms with Gasteiger partial charge in [0, 0.05) is 6.42 Å². The zero-order valence-corrected chi connectivity index (χ0v) is 19.3. The van der Waals surface area contributed by atoms with Gasteiger partial charge in [0.15, 0.2) is 17.3 Å². The Morgan fingerprint density at radius 3 is 2.68 bits per heavy atom. The first-order valence-corrected chi connectivity index (χ1v) is 11.7. The van der Waals surface area contributed by atoms with Gasteiger partial charge >= 0.3 is 5.97 Å². The number of hydrogen-bond donors (Lipinski definition) is 0. The van der Waals surface area contributed by atoms with Crippen molar-refractivity contribution < 1.29 is 33.3 Å². The molecule has 4 atom stereocenters. The van der Waals surface area contributed by atoms with Crippen molar-refractivity contribution in [3.05, 3.63) is 59.9 Å². The molecule has 0 spiro atoms. The topological polar surface area (TPSA) is 80.3 Å². The van der Waals surface area contributed by atoms with E-state index in [1.807, 2.05) is 18.2 Å². The Morgan fingerprint density at radius 2 is 1.88 bits per heavy atom. The molecule has 2 aromatic rings. The number of allylic oxidation sites excluding steroid dienone is 1. The van der Waals surface area contributed by atoms with Gasteiger partial charge in [0.25, 0.3) is 0 Å². The molecule has 2 heterocycles. The Balaban J connectivity index is 1.32. The largest absolute Gasteiger partial charge is 0.497 e. The van der Waals surface area contributed by atoms with E-state index < -0.39 is 5.97 Å².